The van der Waals surface area contributed by atoms with E-state index in [1.165, 1.54) is 45.2 Å². The highest BCUT2D eigenvalue weighted by Gasteiger charge is 2.31. The molecule has 0 aromatic heterocycles. The summed E-state index contributed by atoms with van der Waals surface area (Å²) in [5, 5.41) is 12.7. The average molecular weight is 249 g/mol. The number of hydrogen-bond acceptors (Lipinski definition) is 3. The number of nitrogens with zero attached hydrogens (tertiary/aromatic N) is 2. The maximum atomic E-state index is 9.27. The van der Waals surface area contributed by atoms with E-state index in [9.17, 15) is 5.26 Å². The zero-order valence-electron chi connectivity index (χ0n) is 11.9. The zero-order valence-corrected chi connectivity index (χ0v) is 11.9. The number of rotatable bonds is 9. The van der Waals surface area contributed by atoms with Gasteiger partial charge in [0.2, 0.25) is 0 Å². The molecular weight excluding hydrogens is 222 g/mol. The fourth-order valence-corrected chi connectivity index (χ4v) is 2.53. The SMILES string of the molecule is CN(CCCCC(C)(C#N)NC1CC1)CC1CC1. The van der Waals surface area contributed by atoms with Crippen molar-refractivity contribution in [3.05, 3.63) is 0 Å². The van der Waals surface area contributed by atoms with Crippen molar-refractivity contribution in [1.29, 1.82) is 5.26 Å². The monoisotopic (exact) mass is 249 g/mol. The molecule has 0 aromatic rings. The molecule has 2 saturated carbocycles. The standard InChI is InChI=1S/C15H27N3/c1-15(12-16,17-14-7-8-14)9-3-4-10-18(2)11-13-5-6-13/h13-14,17H,3-11H2,1-2H3. The van der Waals surface area contributed by atoms with Gasteiger partial charge in [0.25, 0.3) is 0 Å². The minimum Gasteiger partial charge on any atom is -0.306 e. The Morgan fingerprint density at radius 2 is 2.00 bits per heavy atom. The van der Waals surface area contributed by atoms with E-state index in [-0.39, 0.29) is 5.54 Å². The Morgan fingerprint density at radius 1 is 1.28 bits per heavy atom. The van der Waals surface area contributed by atoms with Gasteiger partial charge in [-0.2, -0.15) is 5.26 Å². The molecule has 0 aliphatic heterocycles. The highest BCUT2D eigenvalue weighted by Crippen LogP contribution is 2.29. The third kappa shape index (κ3) is 4.96. The van der Waals surface area contributed by atoms with Crippen LogP contribution in [0.2, 0.25) is 0 Å². The minimum atomic E-state index is -0.295. The van der Waals surface area contributed by atoms with Crippen LogP contribution in [0.5, 0.6) is 0 Å². The fourth-order valence-electron chi connectivity index (χ4n) is 2.53. The Kier molecular flexibility index (Phi) is 4.64. The van der Waals surface area contributed by atoms with Gasteiger partial charge in [-0.15, -0.1) is 0 Å². The number of nitrogens with one attached hydrogen (secondary N) is 1. The highest BCUT2D eigenvalue weighted by atomic mass is 15.1. The van der Waals surface area contributed by atoms with Crippen LogP contribution in [-0.4, -0.2) is 36.6 Å². The molecule has 0 saturated heterocycles. The molecule has 3 nitrogen and oxygen atoms in total. The maximum Gasteiger partial charge on any atom is 0.104 e. The Bertz CT molecular complexity index is 301. The second-order valence-corrected chi connectivity index (χ2v) is 6.53. The summed E-state index contributed by atoms with van der Waals surface area (Å²) in [5.41, 5.74) is -0.295. The summed E-state index contributed by atoms with van der Waals surface area (Å²) in [5.74, 6) is 0.982. The molecule has 2 aliphatic carbocycles. The van der Waals surface area contributed by atoms with E-state index in [1.54, 1.807) is 0 Å². The molecule has 0 spiro atoms. The molecule has 102 valence electrons. The van der Waals surface area contributed by atoms with Crippen molar-refractivity contribution in [1.82, 2.24) is 10.2 Å². The Morgan fingerprint density at radius 3 is 2.56 bits per heavy atom. The first-order chi connectivity index (χ1) is 8.61. The number of hydrogen-bond donors (Lipinski definition) is 1. The molecule has 2 rings (SSSR count). The van der Waals surface area contributed by atoms with Crippen LogP contribution in [0.4, 0.5) is 0 Å². The van der Waals surface area contributed by atoms with Crippen LogP contribution in [0.15, 0.2) is 0 Å². The predicted octanol–water partition coefficient (Wildman–Crippen LogP) is 2.53. The average Bonchev–Trinajstić information content (AvgIpc) is 3.21. The molecular formula is C15H27N3. The molecule has 18 heavy (non-hydrogen) atoms. The second-order valence-electron chi connectivity index (χ2n) is 6.53. The van der Waals surface area contributed by atoms with Gasteiger partial charge in [-0.25, -0.2) is 0 Å². The van der Waals surface area contributed by atoms with Crippen molar-refractivity contribution < 1.29 is 0 Å². The molecule has 0 heterocycles. The third-order valence-corrected chi connectivity index (χ3v) is 4.08. The second kappa shape index (κ2) is 6.04. The first kappa shape index (κ1) is 13.8. The van der Waals surface area contributed by atoms with Gasteiger partial charge in [0.05, 0.1) is 6.07 Å². The highest BCUT2D eigenvalue weighted by molar-refractivity contribution is 5.06. The lowest BCUT2D eigenvalue weighted by molar-refractivity contribution is 0.303. The van der Waals surface area contributed by atoms with Crippen LogP contribution in [0, 0.1) is 17.2 Å². The summed E-state index contributed by atoms with van der Waals surface area (Å²) in [6, 6.07) is 3.07. The van der Waals surface area contributed by atoms with Gasteiger partial charge < -0.3 is 4.90 Å². The largest absolute Gasteiger partial charge is 0.306 e. The van der Waals surface area contributed by atoms with Crippen molar-refractivity contribution >= 4 is 0 Å². The summed E-state index contributed by atoms with van der Waals surface area (Å²) >= 11 is 0. The first-order valence-corrected chi connectivity index (χ1v) is 7.49. The lowest BCUT2D eigenvalue weighted by atomic mass is 9.96. The van der Waals surface area contributed by atoms with Gasteiger partial charge in [0.1, 0.15) is 5.54 Å². The Hall–Kier alpha value is -0.590. The van der Waals surface area contributed by atoms with Crippen molar-refractivity contribution in [2.45, 2.75) is 63.5 Å². The molecule has 1 atom stereocenters. The smallest absolute Gasteiger partial charge is 0.104 e. The molecule has 1 N–H and O–H groups in total. The van der Waals surface area contributed by atoms with Gasteiger partial charge in [-0.05, 0) is 71.4 Å². The fraction of sp³-hybridized carbons (Fsp3) is 0.933. The van der Waals surface area contributed by atoms with E-state index in [0.29, 0.717) is 6.04 Å². The van der Waals surface area contributed by atoms with E-state index in [1.807, 2.05) is 0 Å². The van der Waals surface area contributed by atoms with Crippen LogP contribution in [0.1, 0.15) is 51.9 Å². The van der Waals surface area contributed by atoms with E-state index in [4.69, 9.17) is 0 Å². The third-order valence-electron chi connectivity index (χ3n) is 4.08. The van der Waals surface area contributed by atoms with E-state index in [2.05, 4.69) is 30.3 Å². The molecule has 0 amide bonds. The van der Waals surface area contributed by atoms with Gasteiger partial charge >= 0.3 is 0 Å². The van der Waals surface area contributed by atoms with Crippen molar-refractivity contribution in [2.24, 2.45) is 5.92 Å². The van der Waals surface area contributed by atoms with Crippen molar-refractivity contribution in [2.75, 3.05) is 20.1 Å². The Balaban J connectivity index is 1.56. The lowest BCUT2D eigenvalue weighted by Gasteiger charge is -2.24. The molecule has 0 bridgehead atoms. The van der Waals surface area contributed by atoms with Gasteiger partial charge in [0.15, 0.2) is 0 Å². The first-order valence-electron chi connectivity index (χ1n) is 7.49. The molecule has 2 fully saturated rings. The quantitative estimate of drug-likeness (QED) is 0.638. The predicted molar refractivity (Wildman–Crippen MR) is 74.2 cm³/mol. The summed E-state index contributed by atoms with van der Waals surface area (Å²) in [6.07, 6.45) is 8.72. The number of unbranched alkanes of at least 4 members (excludes halogenated alkanes) is 1. The lowest BCUT2D eigenvalue weighted by Crippen LogP contribution is -2.42. The van der Waals surface area contributed by atoms with E-state index in [0.717, 1.165) is 18.8 Å². The molecule has 3 heteroatoms. The number of nitriles is 1. The van der Waals surface area contributed by atoms with Crippen LogP contribution < -0.4 is 5.32 Å². The summed E-state index contributed by atoms with van der Waals surface area (Å²) in [6.45, 7) is 4.51. The van der Waals surface area contributed by atoms with Crippen LogP contribution in [0.3, 0.4) is 0 Å². The summed E-state index contributed by atoms with van der Waals surface area (Å²) in [7, 11) is 2.23. The molecule has 0 radical (unpaired) electrons. The van der Waals surface area contributed by atoms with Crippen molar-refractivity contribution in [3.8, 4) is 6.07 Å². The minimum absolute atomic E-state index is 0.295. The summed E-state index contributed by atoms with van der Waals surface area (Å²) in [4.78, 5) is 2.45. The summed E-state index contributed by atoms with van der Waals surface area (Å²) < 4.78 is 0. The van der Waals surface area contributed by atoms with Gasteiger partial charge in [-0.3, -0.25) is 5.32 Å². The van der Waals surface area contributed by atoms with E-state index >= 15 is 0 Å². The van der Waals surface area contributed by atoms with Crippen molar-refractivity contribution in [3.63, 3.8) is 0 Å². The maximum absolute atomic E-state index is 9.27. The molecule has 0 aromatic carbocycles. The van der Waals surface area contributed by atoms with Crippen LogP contribution in [0.25, 0.3) is 0 Å². The van der Waals surface area contributed by atoms with Crippen LogP contribution in [-0.2, 0) is 0 Å². The van der Waals surface area contributed by atoms with Crippen LogP contribution >= 0.6 is 0 Å². The normalized spacial score (nSPS) is 22.8. The van der Waals surface area contributed by atoms with Gasteiger partial charge in [0, 0.05) is 12.6 Å². The Labute approximate surface area is 112 Å². The molecule has 1 unspecified atom stereocenters. The van der Waals surface area contributed by atoms with Gasteiger partial charge in [-0.1, -0.05) is 0 Å². The topological polar surface area (TPSA) is 39.1 Å². The zero-order chi connectivity index (χ0) is 13.0. The van der Waals surface area contributed by atoms with E-state index < -0.39 is 0 Å². The molecule has 2 aliphatic rings.